The Morgan fingerprint density at radius 1 is 1.26 bits per heavy atom. The van der Waals surface area contributed by atoms with Gasteiger partial charge in [0.25, 0.3) is 0 Å². The molecule has 1 aromatic carbocycles. The SMILES string of the molecule is Cc1nc2c(OC3C(O)=Cc4ccccc43)cccn2c1C=O. The third-order valence-corrected chi connectivity index (χ3v) is 4.04. The Hall–Kier alpha value is -3.08. The Labute approximate surface area is 132 Å². The summed E-state index contributed by atoms with van der Waals surface area (Å²) in [4.78, 5) is 15.6. The summed E-state index contributed by atoms with van der Waals surface area (Å²) in [5.74, 6) is 0.678. The molecular formula is C18H14N2O3. The number of fused-ring (bicyclic) bond motifs is 2. The highest BCUT2D eigenvalue weighted by atomic mass is 16.5. The van der Waals surface area contributed by atoms with Crippen molar-refractivity contribution in [1.82, 2.24) is 9.38 Å². The molecule has 2 heterocycles. The molecule has 3 aromatic rings. The number of hydrogen-bond donors (Lipinski definition) is 1. The molecule has 0 bridgehead atoms. The summed E-state index contributed by atoms with van der Waals surface area (Å²) in [6.45, 7) is 1.78. The minimum atomic E-state index is -0.561. The standard InChI is InChI=1S/C18H14N2O3/c1-11-14(10-21)20-8-4-7-16(18(20)19-11)23-17-13-6-3-2-5-12(13)9-15(17)22/h2-10,17,22H,1H3. The number of benzene rings is 1. The second-order valence-electron chi connectivity index (χ2n) is 5.46. The van der Waals surface area contributed by atoms with Crippen LogP contribution in [0, 0.1) is 6.92 Å². The average molecular weight is 306 g/mol. The van der Waals surface area contributed by atoms with Crippen molar-refractivity contribution < 1.29 is 14.6 Å². The van der Waals surface area contributed by atoms with Crippen LogP contribution in [0.1, 0.15) is 33.4 Å². The summed E-state index contributed by atoms with van der Waals surface area (Å²) >= 11 is 0. The summed E-state index contributed by atoms with van der Waals surface area (Å²) in [5, 5.41) is 10.2. The van der Waals surface area contributed by atoms with Crippen molar-refractivity contribution in [3.63, 3.8) is 0 Å². The van der Waals surface area contributed by atoms with E-state index in [1.54, 1.807) is 35.7 Å². The van der Waals surface area contributed by atoms with Crippen LogP contribution in [-0.2, 0) is 0 Å². The molecule has 1 atom stereocenters. The van der Waals surface area contributed by atoms with Gasteiger partial charge in [0.15, 0.2) is 23.8 Å². The number of nitrogens with zero attached hydrogens (tertiary/aromatic N) is 2. The van der Waals surface area contributed by atoms with Crippen LogP contribution in [0.2, 0.25) is 0 Å². The smallest absolute Gasteiger partial charge is 0.181 e. The predicted octanol–water partition coefficient (Wildman–Crippen LogP) is 3.49. The third-order valence-electron chi connectivity index (χ3n) is 4.04. The molecule has 114 valence electrons. The van der Waals surface area contributed by atoms with Crippen LogP contribution in [0.3, 0.4) is 0 Å². The molecule has 1 aliphatic carbocycles. The van der Waals surface area contributed by atoms with Gasteiger partial charge in [-0.25, -0.2) is 4.98 Å². The van der Waals surface area contributed by atoms with Crippen LogP contribution >= 0.6 is 0 Å². The Balaban J connectivity index is 1.80. The highest BCUT2D eigenvalue weighted by Crippen LogP contribution is 2.37. The largest absolute Gasteiger partial charge is 0.508 e. The van der Waals surface area contributed by atoms with E-state index in [1.165, 1.54) is 0 Å². The molecular weight excluding hydrogens is 292 g/mol. The number of aliphatic hydroxyl groups is 1. The number of aromatic nitrogens is 2. The van der Waals surface area contributed by atoms with Gasteiger partial charge in [-0.15, -0.1) is 0 Å². The monoisotopic (exact) mass is 306 g/mol. The molecule has 0 saturated carbocycles. The number of carbonyl (C=O) groups excluding carboxylic acids is 1. The fourth-order valence-corrected chi connectivity index (χ4v) is 2.93. The maximum atomic E-state index is 11.2. The van der Waals surface area contributed by atoms with E-state index in [0.29, 0.717) is 22.8 Å². The Morgan fingerprint density at radius 2 is 2.09 bits per heavy atom. The second-order valence-corrected chi connectivity index (χ2v) is 5.46. The van der Waals surface area contributed by atoms with Crippen LogP contribution in [0.25, 0.3) is 11.7 Å². The molecule has 23 heavy (non-hydrogen) atoms. The van der Waals surface area contributed by atoms with Crippen LogP contribution in [-0.4, -0.2) is 20.8 Å². The zero-order valence-corrected chi connectivity index (χ0v) is 12.4. The van der Waals surface area contributed by atoms with E-state index < -0.39 is 6.10 Å². The van der Waals surface area contributed by atoms with Gasteiger partial charge >= 0.3 is 0 Å². The van der Waals surface area contributed by atoms with Crippen molar-refractivity contribution in [3.8, 4) is 5.75 Å². The molecule has 4 rings (SSSR count). The van der Waals surface area contributed by atoms with Crippen molar-refractivity contribution in [2.24, 2.45) is 0 Å². The van der Waals surface area contributed by atoms with Crippen molar-refractivity contribution in [3.05, 3.63) is 70.9 Å². The first kappa shape index (κ1) is 13.6. The van der Waals surface area contributed by atoms with Gasteiger partial charge in [-0.2, -0.15) is 0 Å². The van der Waals surface area contributed by atoms with Gasteiger partial charge in [-0.05, 0) is 30.7 Å². The van der Waals surface area contributed by atoms with Crippen LogP contribution in [0.4, 0.5) is 0 Å². The first-order valence-corrected chi connectivity index (χ1v) is 7.28. The quantitative estimate of drug-likeness (QED) is 0.752. The van der Waals surface area contributed by atoms with E-state index in [-0.39, 0.29) is 5.76 Å². The normalized spacial score (nSPS) is 16.2. The van der Waals surface area contributed by atoms with E-state index in [9.17, 15) is 9.90 Å². The topological polar surface area (TPSA) is 63.8 Å². The first-order valence-electron chi connectivity index (χ1n) is 7.28. The minimum absolute atomic E-state index is 0.159. The maximum Gasteiger partial charge on any atom is 0.181 e. The molecule has 1 aliphatic rings. The van der Waals surface area contributed by atoms with Gasteiger partial charge < -0.3 is 9.84 Å². The Bertz CT molecular complexity index is 956. The number of aliphatic hydroxyl groups excluding tert-OH is 1. The molecule has 0 aliphatic heterocycles. The van der Waals surface area contributed by atoms with Gasteiger partial charge in [0.2, 0.25) is 0 Å². The lowest BCUT2D eigenvalue weighted by atomic mass is 10.1. The highest BCUT2D eigenvalue weighted by Gasteiger charge is 2.27. The Kier molecular flexibility index (Phi) is 2.94. The molecule has 5 heteroatoms. The van der Waals surface area contributed by atoms with Gasteiger partial charge in [0, 0.05) is 11.8 Å². The Morgan fingerprint density at radius 3 is 2.91 bits per heavy atom. The number of aryl methyl sites for hydroxylation is 1. The highest BCUT2D eigenvalue weighted by molar-refractivity contribution is 5.77. The molecule has 1 N–H and O–H groups in total. The fraction of sp³-hybridized carbons (Fsp3) is 0.111. The van der Waals surface area contributed by atoms with Crippen molar-refractivity contribution in [2.75, 3.05) is 0 Å². The maximum absolute atomic E-state index is 11.2. The summed E-state index contributed by atoms with van der Waals surface area (Å²) in [7, 11) is 0. The second kappa shape index (κ2) is 4.98. The van der Waals surface area contributed by atoms with Gasteiger partial charge in [0.1, 0.15) is 11.5 Å². The molecule has 0 radical (unpaired) electrons. The summed E-state index contributed by atoms with van der Waals surface area (Å²) < 4.78 is 7.72. The molecule has 0 amide bonds. The fourth-order valence-electron chi connectivity index (χ4n) is 2.93. The number of imidazole rings is 1. The number of pyridine rings is 1. The number of ether oxygens (including phenoxy) is 1. The zero-order valence-electron chi connectivity index (χ0n) is 12.4. The lowest BCUT2D eigenvalue weighted by Crippen LogP contribution is -2.08. The number of aldehydes is 1. The van der Waals surface area contributed by atoms with E-state index in [1.807, 2.05) is 24.3 Å². The van der Waals surface area contributed by atoms with Crippen molar-refractivity contribution >= 4 is 18.0 Å². The first-order chi connectivity index (χ1) is 11.2. The van der Waals surface area contributed by atoms with Crippen LogP contribution in [0.5, 0.6) is 5.75 Å². The van der Waals surface area contributed by atoms with E-state index in [2.05, 4.69) is 4.98 Å². The molecule has 0 spiro atoms. The van der Waals surface area contributed by atoms with Crippen LogP contribution in [0.15, 0.2) is 48.4 Å². The van der Waals surface area contributed by atoms with Gasteiger partial charge in [0.05, 0.1) is 5.69 Å². The predicted molar refractivity (Wildman–Crippen MR) is 85.7 cm³/mol. The van der Waals surface area contributed by atoms with Crippen molar-refractivity contribution in [2.45, 2.75) is 13.0 Å². The lowest BCUT2D eigenvalue weighted by Gasteiger charge is -2.16. The average Bonchev–Trinajstić information content (AvgIpc) is 3.04. The summed E-state index contributed by atoms with van der Waals surface area (Å²) in [6.07, 6.45) is 3.69. The molecule has 1 unspecified atom stereocenters. The third kappa shape index (κ3) is 2.01. The molecule has 5 nitrogen and oxygen atoms in total. The minimum Gasteiger partial charge on any atom is -0.508 e. The van der Waals surface area contributed by atoms with Gasteiger partial charge in [-0.1, -0.05) is 24.3 Å². The van der Waals surface area contributed by atoms with Gasteiger partial charge in [-0.3, -0.25) is 9.20 Å². The van der Waals surface area contributed by atoms with E-state index in [0.717, 1.165) is 17.4 Å². The van der Waals surface area contributed by atoms with Crippen molar-refractivity contribution in [1.29, 1.82) is 0 Å². The lowest BCUT2D eigenvalue weighted by molar-refractivity contribution is 0.111. The number of carbonyl (C=O) groups is 1. The van der Waals surface area contributed by atoms with Crippen LogP contribution < -0.4 is 4.74 Å². The number of rotatable bonds is 3. The number of hydrogen-bond acceptors (Lipinski definition) is 4. The zero-order chi connectivity index (χ0) is 16.0. The molecule has 0 fully saturated rings. The molecule has 2 aromatic heterocycles. The van der Waals surface area contributed by atoms with E-state index in [4.69, 9.17) is 4.74 Å². The summed E-state index contributed by atoms with van der Waals surface area (Å²) in [6, 6.07) is 11.3. The molecule has 0 saturated heterocycles. The van der Waals surface area contributed by atoms with E-state index >= 15 is 0 Å². The summed E-state index contributed by atoms with van der Waals surface area (Å²) in [5.41, 5.74) is 3.55.